The molecule has 90 valence electrons. The third kappa shape index (κ3) is 3.83. The number of hydrogen-bond donors (Lipinski definition) is 2. The van der Waals surface area contributed by atoms with Crippen LogP contribution in [0.4, 0.5) is 0 Å². The Morgan fingerprint density at radius 3 is 2.62 bits per heavy atom. The van der Waals surface area contributed by atoms with Gasteiger partial charge in [0.15, 0.2) is 0 Å². The molecule has 2 N–H and O–H groups in total. The second kappa shape index (κ2) is 6.51. The van der Waals surface area contributed by atoms with E-state index in [1.165, 1.54) is 5.56 Å². The van der Waals surface area contributed by atoms with E-state index in [9.17, 15) is 0 Å². The lowest BCUT2D eigenvalue weighted by atomic mass is 10.1. The number of methoxy groups -OCH3 is 1. The third-order valence-electron chi connectivity index (χ3n) is 2.57. The first kappa shape index (κ1) is 13.0. The average molecular weight is 222 g/mol. The van der Waals surface area contributed by atoms with Gasteiger partial charge in [-0.3, -0.25) is 0 Å². The summed E-state index contributed by atoms with van der Waals surface area (Å²) in [5.74, 6) is 0.905. The highest BCUT2D eigenvalue weighted by molar-refractivity contribution is 5.30. The quantitative estimate of drug-likeness (QED) is 0.772. The molecule has 0 radical (unpaired) electrons. The molecule has 0 saturated carbocycles. The highest BCUT2D eigenvalue weighted by atomic mass is 16.5. The fraction of sp³-hybridized carbons (Fsp3) is 0.538. The number of nitrogens with one attached hydrogen (secondary N) is 2. The van der Waals surface area contributed by atoms with E-state index in [4.69, 9.17) is 4.74 Å². The number of hydrogen-bond acceptors (Lipinski definition) is 3. The minimum absolute atomic E-state index is 0.317. The summed E-state index contributed by atoms with van der Waals surface area (Å²) < 4.78 is 5.23. The summed E-state index contributed by atoms with van der Waals surface area (Å²) in [6.07, 6.45) is 0. The van der Waals surface area contributed by atoms with Crippen LogP contribution in [0.2, 0.25) is 0 Å². The van der Waals surface area contributed by atoms with Crippen molar-refractivity contribution in [3.63, 3.8) is 0 Å². The molecular weight excluding hydrogens is 200 g/mol. The minimum atomic E-state index is 0.317. The fourth-order valence-electron chi connectivity index (χ4n) is 1.60. The van der Waals surface area contributed by atoms with Crippen LogP contribution in [-0.2, 0) is 0 Å². The molecule has 0 amide bonds. The zero-order valence-electron chi connectivity index (χ0n) is 10.6. The molecule has 0 spiro atoms. The van der Waals surface area contributed by atoms with E-state index in [0.717, 1.165) is 12.3 Å². The summed E-state index contributed by atoms with van der Waals surface area (Å²) in [5, 5.41) is 6.74. The maximum absolute atomic E-state index is 5.23. The Hall–Kier alpha value is -1.06. The van der Waals surface area contributed by atoms with E-state index in [-0.39, 0.29) is 0 Å². The highest BCUT2D eigenvalue weighted by Gasteiger charge is 2.09. The van der Waals surface area contributed by atoms with Gasteiger partial charge < -0.3 is 15.4 Å². The molecular formula is C13H22N2O. The highest BCUT2D eigenvalue weighted by Crippen LogP contribution is 2.18. The van der Waals surface area contributed by atoms with E-state index in [1.807, 2.05) is 19.2 Å². The van der Waals surface area contributed by atoms with E-state index in [1.54, 1.807) is 7.11 Å². The monoisotopic (exact) mass is 222 g/mol. The molecule has 0 aromatic heterocycles. The van der Waals surface area contributed by atoms with Gasteiger partial charge >= 0.3 is 0 Å². The molecule has 16 heavy (non-hydrogen) atoms. The van der Waals surface area contributed by atoms with E-state index in [2.05, 4.69) is 36.6 Å². The molecule has 0 heterocycles. The molecule has 0 fully saturated rings. The van der Waals surface area contributed by atoms with Gasteiger partial charge in [0.1, 0.15) is 5.75 Å². The van der Waals surface area contributed by atoms with Crippen molar-refractivity contribution in [3.05, 3.63) is 29.8 Å². The lowest BCUT2D eigenvalue weighted by molar-refractivity contribution is 0.412. The van der Waals surface area contributed by atoms with Gasteiger partial charge in [0.25, 0.3) is 0 Å². The van der Waals surface area contributed by atoms with E-state index in [0.29, 0.717) is 12.1 Å². The van der Waals surface area contributed by atoms with Crippen LogP contribution in [0.5, 0.6) is 5.75 Å². The first-order valence-electron chi connectivity index (χ1n) is 5.72. The molecule has 0 aliphatic heterocycles. The first-order chi connectivity index (χ1) is 7.67. The van der Waals surface area contributed by atoms with E-state index < -0.39 is 0 Å². The van der Waals surface area contributed by atoms with Crippen molar-refractivity contribution in [2.75, 3.05) is 20.7 Å². The van der Waals surface area contributed by atoms with Gasteiger partial charge in [0.2, 0.25) is 0 Å². The summed E-state index contributed by atoms with van der Waals surface area (Å²) in [4.78, 5) is 0. The van der Waals surface area contributed by atoms with Crippen molar-refractivity contribution in [1.82, 2.24) is 10.6 Å². The normalized spacial score (nSPS) is 12.8. The largest absolute Gasteiger partial charge is 0.497 e. The zero-order valence-corrected chi connectivity index (χ0v) is 10.6. The number of benzene rings is 1. The smallest absolute Gasteiger partial charge is 0.119 e. The van der Waals surface area contributed by atoms with Crippen LogP contribution >= 0.6 is 0 Å². The van der Waals surface area contributed by atoms with Gasteiger partial charge in [-0.2, -0.15) is 0 Å². The first-order valence-corrected chi connectivity index (χ1v) is 5.72. The molecule has 0 aliphatic carbocycles. The molecule has 1 aromatic carbocycles. The van der Waals surface area contributed by atoms with Crippen molar-refractivity contribution in [2.24, 2.45) is 0 Å². The molecule has 1 unspecified atom stereocenters. The van der Waals surface area contributed by atoms with Crippen LogP contribution in [-0.4, -0.2) is 26.7 Å². The molecule has 1 atom stereocenters. The van der Waals surface area contributed by atoms with E-state index >= 15 is 0 Å². The second-order valence-electron chi connectivity index (χ2n) is 4.18. The Balaban J connectivity index is 2.70. The molecule has 0 aliphatic rings. The maximum atomic E-state index is 5.23. The van der Waals surface area contributed by atoms with Crippen molar-refractivity contribution < 1.29 is 4.74 Å². The van der Waals surface area contributed by atoms with Crippen LogP contribution in [0.25, 0.3) is 0 Å². The average Bonchev–Trinajstić information content (AvgIpc) is 2.30. The number of rotatable bonds is 6. The standard InChI is InChI=1S/C13H22N2O/c1-10(2)15-9-13(14-3)11-6-5-7-12(8-11)16-4/h5-8,10,13-15H,9H2,1-4H3. The van der Waals surface area contributed by atoms with Gasteiger partial charge in [-0.15, -0.1) is 0 Å². The SMILES string of the molecule is CNC(CNC(C)C)c1cccc(OC)c1. The Bertz CT molecular complexity index is 313. The zero-order chi connectivity index (χ0) is 12.0. The summed E-state index contributed by atoms with van der Waals surface area (Å²) >= 11 is 0. The summed E-state index contributed by atoms with van der Waals surface area (Å²) in [5.41, 5.74) is 1.25. The molecule has 3 nitrogen and oxygen atoms in total. The van der Waals surface area contributed by atoms with Crippen LogP contribution in [0.15, 0.2) is 24.3 Å². The van der Waals surface area contributed by atoms with Crippen molar-refractivity contribution in [1.29, 1.82) is 0 Å². The lowest BCUT2D eigenvalue weighted by Gasteiger charge is -2.19. The summed E-state index contributed by atoms with van der Waals surface area (Å²) in [7, 11) is 3.67. The van der Waals surface area contributed by atoms with Gasteiger partial charge in [-0.25, -0.2) is 0 Å². The third-order valence-corrected chi connectivity index (χ3v) is 2.57. The van der Waals surface area contributed by atoms with Crippen molar-refractivity contribution in [3.8, 4) is 5.75 Å². The van der Waals surface area contributed by atoms with Gasteiger partial charge in [-0.1, -0.05) is 26.0 Å². The summed E-state index contributed by atoms with van der Waals surface area (Å²) in [6, 6.07) is 8.99. The molecule has 3 heteroatoms. The number of ether oxygens (including phenoxy) is 1. The topological polar surface area (TPSA) is 33.3 Å². The van der Waals surface area contributed by atoms with Crippen LogP contribution in [0.1, 0.15) is 25.5 Å². The van der Waals surface area contributed by atoms with Gasteiger partial charge in [-0.05, 0) is 24.7 Å². The second-order valence-corrected chi connectivity index (χ2v) is 4.18. The predicted molar refractivity (Wildman–Crippen MR) is 67.9 cm³/mol. The van der Waals surface area contributed by atoms with Gasteiger partial charge in [0, 0.05) is 18.6 Å². The lowest BCUT2D eigenvalue weighted by Crippen LogP contribution is -2.33. The van der Waals surface area contributed by atoms with Crippen LogP contribution in [0.3, 0.4) is 0 Å². The fourth-order valence-corrected chi connectivity index (χ4v) is 1.60. The number of likely N-dealkylation sites (N-methyl/N-ethyl adjacent to an activating group) is 1. The minimum Gasteiger partial charge on any atom is -0.497 e. The Labute approximate surface area is 98.2 Å². The van der Waals surface area contributed by atoms with Crippen molar-refractivity contribution in [2.45, 2.75) is 25.9 Å². The Morgan fingerprint density at radius 2 is 2.06 bits per heavy atom. The molecule has 0 bridgehead atoms. The van der Waals surface area contributed by atoms with Crippen LogP contribution < -0.4 is 15.4 Å². The Morgan fingerprint density at radius 1 is 1.31 bits per heavy atom. The molecule has 0 saturated heterocycles. The van der Waals surface area contributed by atoms with Gasteiger partial charge in [0.05, 0.1) is 7.11 Å². The summed E-state index contributed by atoms with van der Waals surface area (Å²) in [6.45, 7) is 5.22. The van der Waals surface area contributed by atoms with Crippen molar-refractivity contribution >= 4 is 0 Å². The molecule has 1 aromatic rings. The van der Waals surface area contributed by atoms with Crippen LogP contribution in [0, 0.1) is 0 Å². The Kier molecular flexibility index (Phi) is 5.29. The molecule has 1 rings (SSSR count). The predicted octanol–water partition coefficient (Wildman–Crippen LogP) is 1.95. The maximum Gasteiger partial charge on any atom is 0.119 e.